The molecule has 0 atom stereocenters. The third kappa shape index (κ3) is 4.21. The number of carbonyl (C=O) groups is 1. The van der Waals surface area contributed by atoms with E-state index in [9.17, 15) is 22.4 Å². The van der Waals surface area contributed by atoms with Crippen molar-refractivity contribution in [2.45, 2.75) is 13.1 Å². The fourth-order valence-electron chi connectivity index (χ4n) is 3.35. The lowest BCUT2D eigenvalue weighted by Gasteiger charge is -2.13. The van der Waals surface area contributed by atoms with E-state index in [1.54, 1.807) is 18.2 Å². The van der Waals surface area contributed by atoms with Gasteiger partial charge in [-0.1, -0.05) is 35.0 Å². The molecule has 34 heavy (non-hydrogen) atoms. The number of halogens is 6. The molecule has 0 spiro atoms. The first-order valence-electron chi connectivity index (χ1n) is 9.66. The standard InChI is InChI=1S/C22H13BrClF4N3O3/c1-2-33-21(32)17-18(16-13(24)7-5-8-14(16)25)30-34-19(17)11-10-29-31(20(11)22(26,27)28)15-9-4-3-6-12(15)23/h3-10H,2H2,1H3. The van der Waals surface area contributed by atoms with Gasteiger partial charge in [-0.05, 0) is 47.1 Å². The molecule has 0 saturated heterocycles. The highest BCUT2D eigenvalue weighted by molar-refractivity contribution is 9.10. The fraction of sp³-hybridized carbons (Fsp3) is 0.136. The lowest BCUT2D eigenvalue weighted by Crippen LogP contribution is -2.15. The number of ether oxygens (including phenoxy) is 1. The molecule has 0 bridgehead atoms. The second-order valence-corrected chi connectivity index (χ2v) is 8.08. The number of hydrogen-bond acceptors (Lipinski definition) is 5. The van der Waals surface area contributed by atoms with E-state index in [1.807, 2.05) is 0 Å². The number of benzene rings is 2. The molecule has 4 aromatic rings. The Bertz CT molecular complexity index is 1360. The van der Waals surface area contributed by atoms with E-state index in [0.29, 0.717) is 9.15 Å². The van der Waals surface area contributed by atoms with E-state index in [-0.39, 0.29) is 22.9 Å². The third-order valence-electron chi connectivity index (χ3n) is 4.73. The molecule has 4 rings (SSSR count). The molecule has 0 radical (unpaired) electrons. The van der Waals surface area contributed by atoms with Crippen LogP contribution in [0.4, 0.5) is 17.6 Å². The summed E-state index contributed by atoms with van der Waals surface area (Å²) in [6.45, 7) is 1.41. The summed E-state index contributed by atoms with van der Waals surface area (Å²) in [5.41, 5.74) is -2.93. The zero-order valence-electron chi connectivity index (χ0n) is 17.2. The highest BCUT2D eigenvalue weighted by Crippen LogP contribution is 2.43. The average molecular weight is 559 g/mol. The van der Waals surface area contributed by atoms with Crippen LogP contribution in [-0.2, 0) is 10.9 Å². The summed E-state index contributed by atoms with van der Waals surface area (Å²) in [5.74, 6) is -2.49. The highest BCUT2D eigenvalue weighted by Gasteiger charge is 2.42. The van der Waals surface area contributed by atoms with E-state index in [4.69, 9.17) is 20.9 Å². The Morgan fingerprint density at radius 1 is 1.21 bits per heavy atom. The molecule has 0 fully saturated rings. The SMILES string of the molecule is CCOC(=O)c1c(-c2c(F)cccc2Cl)noc1-c1cnn(-c2ccccc2Br)c1C(F)(F)F. The zero-order valence-corrected chi connectivity index (χ0v) is 19.5. The summed E-state index contributed by atoms with van der Waals surface area (Å²) in [6.07, 6.45) is -4.03. The van der Waals surface area contributed by atoms with Gasteiger partial charge in [-0.15, -0.1) is 0 Å². The normalized spacial score (nSPS) is 11.6. The van der Waals surface area contributed by atoms with Crippen LogP contribution in [0.25, 0.3) is 28.3 Å². The van der Waals surface area contributed by atoms with Crippen molar-refractivity contribution < 1.29 is 31.6 Å². The van der Waals surface area contributed by atoms with E-state index >= 15 is 0 Å². The van der Waals surface area contributed by atoms with Crippen LogP contribution in [0.2, 0.25) is 5.02 Å². The maximum atomic E-state index is 14.6. The first-order chi connectivity index (χ1) is 16.1. The molecule has 0 N–H and O–H groups in total. The number of carbonyl (C=O) groups excluding carboxylic acids is 1. The zero-order chi connectivity index (χ0) is 24.6. The number of nitrogens with zero attached hydrogens (tertiary/aromatic N) is 3. The minimum atomic E-state index is -4.92. The van der Waals surface area contributed by atoms with Gasteiger partial charge in [0.15, 0.2) is 11.5 Å². The molecule has 2 aromatic carbocycles. The molecule has 176 valence electrons. The Balaban J connectivity index is 2.02. The predicted octanol–water partition coefficient (Wildman–Crippen LogP) is 6.94. The van der Waals surface area contributed by atoms with Gasteiger partial charge in [0, 0.05) is 4.47 Å². The van der Waals surface area contributed by atoms with Crippen LogP contribution in [-0.4, -0.2) is 27.5 Å². The van der Waals surface area contributed by atoms with Crippen LogP contribution < -0.4 is 0 Å². The van der Waals surface area contributed by atoms with Gasteiger partial charge in [0.2, 0.25) is 0 Å². The monoisotopic (exact) mass is 557 g/mol. The maximum absolute atomic E-state index is 14.6. The molecule has 12 heteroatoms. The third-order valence-corrected chi connectivity index (χ3v) is 5.72. The summed E-state index contributed by atoms with van der Waals surface area (Å²) in [4.78, 5) is 12.8. The summed E-state index contributed by atoms with van der Waals surface area (Å²) >= 11 is 9.32. The Hall–Kier alpha value is -3.18. The van der Waals surface area contributed by atoms with Crippen LogP contribution in [0.3, 0.4) is 0 Å². The minimum Gasteiger partial charge on any atom is -0.462 e. The lowest BCUT2D eigenvalue weighted by molar-refractivity contribution is -0.142. The van der Waals surface area contributed by atoms with Crippen LogP contribution >= 0.6 is 27.5 Å². The fourth-order valence-corrected chi connectivity index (χ4v) is 4.06. The van der Waals surface area contributed by atoms with Gasteiger partial charge >= 0.3 is 12.1 Å². The number of rotatable bonds is 5. The minimum absolute atomic E-state index is 0.0932. The number of esters is 1. The van der Waals surface area contributed by atoms with E-state index in [2.05, 4.69) is 26.2 Å². The van der Waals surface area contributed by atoms with E-state index in [0.717, 1.165) is 12.3 Å². The molecule has 0 saturated carbocycles. The number of aromatic nitrogens is 3. The topological polar surface area (TPSA) is 70.2 Å². The van der Waals surface area contributed by atoms with Gasteiger partial charge in [0.1, 0.15) is 17.1 Å². The molecule has 0 amide bonds. The van der Waals surface area contributed by atoms with Gasteiger partial charge in [0.25, 0.3) is 0 Å². The van der Waals surface area contributed by atoms with Crippen LogP contribution in [0.5, 0.6) is 0 Å². The first kappa shape index (κ1) is 24.0. The van der Waals surface area contributed by atoms with Crippen LogP contribution in [0.1, 0.15) is 23.0 Å². The Morgan fingerprint density at radius 3 is 2.59 bits per heavy atom. The van der Waals surface area contributed by atoms with Crippen molar-refractivity contribution in [1.82, 2.24) is 14.9 Å². The van der Waals surface area contributed by atoms with Crippen molar-refractivity contribution in [3.63, 3.8) is 0 Å². The molecule has 6 nitrogen and oxygen atoms in total. The Labute approximate surface area is 203 Å². The second kappa shape index (κ2) is 9.22. The van der Waals surface area contributed by atoms with Gasteiger partial charge in [-0.25, -0.2) is 13.9 Å². The van der Waals surface area contributed by atoms with E-state index < -0.39 is 46.2 Å². The summed E-state index contributed by atoms with van der Waals surface area (Å²) in [5, 5.41) is 7.46. The van der Waals surface area contributed by atoms with Crippen LogP contribution in [0.15, 0.2) is 57.7 Å². The van der Waals surface area contributed by atoms with Crippen LogP contribution in [0, 0.1) is 5.82 Å². The predicted molar refractivity (Wildman–Crippen MR) is 118 cm³/mol. The van der Waals surface area contributed by atoms with Gasteiger partial charge < -0.3 is 9.26 Å². The molecule has 2 heterocycles. The molecular formula is C22H13BrClF4N3O3. The van der Waals surface area contributed by atoms with Crippen molar-refractivity contribution in [3.8, 4) is 28.3 Å². The summed E-state index contributed by atoms with van der Waals surface area (Å²) in [7, 11) is 0. The van der Waals surface area contributed by atoms with Gasteiger partial charge in [-0.2, -0.15) is 18.3 Å². The molecule has 0 aliphatic heterocycles. The van der Waals surface area contributed by atoms with E-state index in [1.165, 1.54) is 25.1 Å². The first-order valence-corrected chi connectivity index (χ1v) is 10.8. The molecule has 0 aliphatic rings. The van der Waals surface area contributed by atoms with Gasteiger partial charge in [0.05, 0.1) is 34.6 Å². The van der Waals surface area contributed by atoms with Crippen molar-refractivity contribution in [2.24, 2.45) is 0 Å². The Kier molecular flexibility index (Phi) is 6.50. The smallest absolute Gasteiger partial charge is 0.434 e. The highest BCUT2D eigenvalue weighted by atomic mass is 79.9. The summed E-state index contributed by atoms with van der Waals surface area (Å²) < 4.78 is 68.5. The molecule has 0 aliphatic carbocycles. The van der Waals surface area contributed by atoms with Crippen molar-refractivity contribution >= 4 is 33.5 Å². The van der Waals surface area contributed by atoms with Crippen molar-refractivity contribution in [2.75, 3.05) is 6.61 Å². The summed E-state index contributed by atoms with van der Waals surface area (Å²) in [6, 6.07) is 9.88. The molecular weight excluding hydrogens is 546 g/mol. The maximum Gasteiger partial charge on any atom is 0.434 e. The quantitative estimate of drug-likeness (QED) is 0.196. The average Bonchev–Trinajstić information content (AvgIpc) is 3.38. The van der Waals surface area contributed by atoms with Crippen molar-refractivity contribution in [1.29, 1.82) is 0 Å². The largest absolute Gasteiger partial charge is 0.462 e. The van der Waals surface area contributed by atoms with Crippen molar-refractivity contribution in [3.05, 3.63) is 75.2 Å². The van der Waals surface area contributed by atoms with Gasteiger partial charge in [-0.3, -0.25) is 0 Å². The lowest BCUT2D eigenvalue weighted by atomic mass is 10.0. The molecule has 0 unspecified atom stereocenters. The number of hydrogen-bond donors (Lipinski definition) is 0. The number of para-hydroxylation sites is 1. The second-order valence-electron chi connectivity index (χ2n) is 6.82. The molecule has 2 aromatic heterocycles. The Morgan fingerprint density at radius 2 is 1.94 bits per heavy atom. The number of alkyl halides is 3.